The molecule has 66 valence electrons. The maximum atomic E-state index is 8.00. The molecule has 0 spiro atoms. The molecule has 0 N–H and O–H groups in total. The molecule has 0 amide bonds. The monoisotopic (exact) mass is 194 g/mol. The summed E-state index contributed by atoms with van der Waals surface area (Å²) < 4.78 is 0. The van der Waals surface area contributed by atoms with Crippen molar-refractivity contribution in [3.63, 3.8) is 0 Å². The summed E-state index contributed by atoms with van der Waals surface area (Å²) in [5.74, 6) is 0. The minimum Gasteiger partial charge on any atom is -0.255 e. The predicted molar refractivity (Wildman–Crippen MR) is 52.3 cm³/mol. The van der Waals surface area contributed by atoms with Crippen LogP contribution in [0.25, 0.3) is 16.5 Å². The van der Waals surface area contributed by atoms with E-state index in [9.17, 15) is 0 Å². The molecule has 1 aromatic rings. The van der Waals surface area contributed by atoms with Gasteiger partial charge in [-0.3, -0.25) is 4.98 Å². The van der Waals surface area contributed by atoms with Gasteiger partial charge in [0.2, 0.25) is 0 Å². The van der Waals surface area contributed by atoms with E-state index in [1.165, 1.54) is 0 Å². The van der Waals surface area contributed by atoms with Crippen LogP contribution in [0.5, 0.6) is 0 Å². The number of hydrogen-bond donors (Lipinski definition) is 0. The molecule has 0 aliphatic heterocycles. The van der Waals surface area contributed by atoms with Gasteiger partial charge in [0.1, 0.15) is 0 Å². The van der Waals surface area contributed by atoms with Gasteiger partial charge in [0.25, 0.3) is 0 Å². The summed E-state index contributed by atoms with van der Waals surface area (Å²) in [5.41, 5.74) is 8.68. The summed E-state index contributed by atoms with van der Waals surface area (Å²) in [4.78, 5) is 6.63. The van der Waals surface area contributed by atoms with Gasteiger partial charge in [0.05, 0.1) is 10.7 Å². The summed E-state index contributed by atoms with van der Waals surface area (Å²) in [5, 5.41) is 3.92. The number of azide groups is 1. The molecule has 1 aromatic heterocycles. The SMILES string of the molecule is [N-]=[N+]=NCC=Cc1ncccc1Cl. The van der Waals surface area contributed by atoms with Gasteiger partial charge in [-0.1, -0.05) is 22.8 Å². The van der Waals surface area contributed by atoms with Crippen LogP contribution in [0.4, 0.5) is 0 Å². The quantitative estimate of drug-likeness (QED) is 0.414. The Hall–Kier alpha value is -1.51. The summed E-state index contributed by atoms with van der Waals surface area (Å²) in [7, 11) is 0. The average Bonchev–Trinajstić information content (AvgIpc) is 2.15. The fraction of sp³-hybridized carbons (Fsp3) is 0.125. The van der Waals surface area contributed by atoms with E-state index in [0.29, 0.717) is 17.3 Å². The van der Waals surface area contributed by atoms with Crippen LogP contribution in [0.15, 0.2) is 29.5 Å². The molecule has 4 nitrogen and oxygen atoms in total. The summed E-state index contributed by atoms with van der Waals surface area (Å²) in [6, 6.07) is 3.51. The maximum absolute atomic E-state index is 8.00. The van der Waals surface area contributed by atoms with E-state index < -0.39 is 0 Å². The normalized spacial score (nSPS) is 9.92. The van der Waals surface area contributed by atoms with Crippen molar-refractivity contribution < 1.29 is 0 Å². The van der Waals surface area contributed by atoms with Crippen molar-refractivity contribution in [3.8, 4) is 0 Å². The van der Waals surface area contributed by atoms with Crippen molar-refractivity contribution in [2.75, 3.05) is 6.54 Å². The molecule has 0 bridgehead atoms. The first-order chi connectivity index (χ1) is 6.34. The lowest BCUT2D eigenvalue weighted by Gasteiger charge is -1.93. The van der Waals surface area contributed by atoms with Gasteiger partial charge >= 0.3 is 0 Å². The molecule has 13 heavy (non-hydrogen) atoms. The number of rotatable bonds is 3. The third-order valence-electron chi connectivity index (χ3n) is 1.31. The van der Waals surface area contributed by atoms with Gasteiger partial charge in [0, 0.05) is 17.7 Å². The molecule has 0 fully saturated rings. The molecule has 0 atom stereocenters. The highest BCUT2D eigenvalue weighted by Crippen LogP contribution is 2.12. The average molecular weight is 195 g/mol. The van der Waals surface area contributed by atoms with E-state index in [4.69, 9.17) is 17.1 Å². The highest BCUT2D eigenvalue weighted by molar-refractivity contribution is 6.31. The Kier molecular flexibility index (Phi) is 3.82. The fourth-order valence-corrected chi connectivity index (χ4v) is 0.953. The fourth-order valence-electron chi connectivity index (χ4n) is 0.769. The third-order valence-corrected chi connectivity index (χ3v) is 1.63. The first kappa shape index (κ1) is 9.58. The molecule has 0 aliphatic carbocycles. The van der Waals surface area contributed by atoms with Gasteiger partial charge < -0.3 is 0 Å². The standard InChI is InChI=1S/C8H7ClN4/c9-7-3-1-5-11-8(7)4-2-6-12-13-10/h1-5H,6H2. The number of pyridine rings is 1. The predicted octanol–water partition coefficient (Wildman–Crippen LogP) is 3.06. The van der Waals surface area contributed by atoms with E-state index in [-0.39, 0.29) is 0 Å². The van der Waals surface area contributed by atoms with E-state index in [0.717, 1.165) is 0 Å². The molecule has 0 aliphatic rings. The van der Waals surface area contributed by atoms with E-state index in [1.54, 1.807) is 30.5 Å². The van der Waals surface area contributed by atoms with Crippen LogP contribution in [0, 0.1) is 0 Å². The van der Waals surface area contributed by atoms with Crippen molar-refractivity contribution in [1.29, 1.82) is 0 Å². The molecular weight excluding hydrogens is 188 g/mol. The third kappa shape index (κ3) is 3.15. The van der Waals surface area contributed by atoms with Crippen LogP contribution in [0.2, 0.25) is 5.02 Å². The number of hydrogen-bond acceptors (Lipinski definition) is 2. The molecule has 0 aromatic carbocycles. The van der Waals surface area contributed by atoms with Crippen LogP contribution in [0.1, 0.15) is 5.69 Å². The van der Waals surface area contributed by atoms with Crippen LogP contribution in [0.3, 0.4) is 0 Å². The van der Waals surface area contributed by atoms with Crippen molar-refractivity contribution in [3.05, 3.63) is 45.6 Å². The van der Waals surface area contributed by atoms with Gasteiger partial charge in [-0.15, -0.1) is 0 Å². The minimum absolute atomic E-state index is 0.309. The van der Waals surface area contributed by atoms with Crippen molar-refractivity contribution >= 4 is 17.7 Å². The summed E-state index contributed by atoms with van der Waals surface area (Å²) >= 11 is 5.82. The zero-order valence-electron chi connectivity index (χ0n) is 6.76. The summed E-state index contributed by atoms with van der Waals surface area (Å²) in [6.07, 6.45) is 5.07. The van der Waals surface area contributed by atoms with Crippen LogP contribution in [-0.4, -0.2) is 11.5 Å². The molecule has 5 heteroatoms. The number of nitrogens with zero attached hydrogens (tertiary/aromatic N) is 4. The van der Waals surface area contributed by atoms with E-state index in [1.807, 2.05) is 0 Å². The molecule has 0 radical (unpaired) electrons. The first-order valence-electron chi connectivity index (χ1n) is 3.62. The van der Waals surface area contributed by atoms with E-state index >= 15 is 0 Å². The van der Waals surface area contributed by atoms with Crippen molar-refractivity contribution in [2.24, 2.45) is 5.11 Å². The molecular formula is C8H7ClN4. The van der Waals surface area contributed by atoms with Crippen molar-refractivity contribution in [2.45, 2.75) is 0 Å². The molecule has 0 saturated carbocycles. The zero-order valence-corrected chi connectivity index (χ0v) is 7.52. The lowest BCUT2D eigenvalue weighted by atomic mass is 10.3. The summed E-state index contributed by atoms with van der Waals surface area (Å²) in [6.45, 7) is 0.309. The van der Waals surface area contributed by atoms with Gasteiger partial charge in [-0.05, 0) is 23.7 Å². The smallest absolute Gasteiger partial charge is 0.0812 e. The molecule has 1 rings (SSSR count). The Balaban J connectivity index is 2.68. The Morgan fingerprint density at radius 3 is 3.23 bits per heavy atom. The molecule has 0 unspecified atom stereocenters. The van der Waals surface area contributed by atoms with Gasteiger partial charge in [-0.2, -0.15) is 0 Å². The number of halogens is 1. The highest BCUT2D eigenvalue weighted by Gasteiger charge is 1.93. The van der Waals surface area contributed by atoms with Crippen LogP contribution < -0.4 is 0 Å². The lowest BCUT2D eigenvalue weighted by molar-refractivity contribution is 1.21. The van der Waals surface area contributed by atoms with Gasteiger partial charge in [-0.25, -0.2) is 0 Å². The Morgan fingerprint density at radius 1 is 1.69 bits per heavy atom. The second-order valence-corrected chi connectivity index (χ2v) is 2.59. The first-order valence-corrected chi connectivity index (χ1v) is 4.00. The van der Waals surface area contributed by atoms with Crippen molar-refractivity contribution in [1.82, 2.24) is 4.98 Å². The Morgan fingerprint density at radius 2 is 2.54 bits per heavy atom. The molecule has 0 saturated heterocycles. The minimum atomic E-state index is 0.309. The Labute approximate surface area is 80.5 Å². The zero-order chi connectivity index (χ0) is 9.52. The lowest BCUT2D eigenvalue weighted by Crippen LogP contribution is -1.80. The van der Waals surface area contributed by atoms with E-state index in [2.05, 4.69) is 15.0 Å². The second kappa shape index (κ2) is 5.19. The maximum Gasteiger partial charge on any atom is 0.0812 e. The van der Waals surface area contributed by atoms with Crippen LogP contribution in [-0.2, 0) is 0 Å². The second-order valence-electron chi connectivity index (χ2n) is 2.19. The van der Waals surface area contributed by atoms with Gasteiger partial charge in [0.15, 0.2) is 0 Å². The number of aromatic nitrogens is 1. The Bertz CT molecular complexity index is 355. The highest BCUT2D eigenvalue weighted by atomic mass is 35.5. The molecule has 1 heterocycles. The van der Waals surface area contributed by atoms with Crippen LogP contribution >= 0.6 is 11.6 Å². The topological polar surface area (TPSA) is 61.7 Å². The largest absolute Gasteiger partial charge is 0.255 e.